The van der Waals surface area contributed by atoms with Crippen LogP contribution in [-0.4, -0.2) is 34.7 Å². The van der Waals surface area contributed by atoms with E-state index in [1.165, 1.54) is 5.56 Å². The van der Waals surface area contributed by atoms with Crippen molar-refractivity contribution < 1.29 is 4.79 Å². The second-order valence-corrected chi connectivity index (χ2v) is 6.37. The monoisotopic (exact) mass is 350 g/mol. The van der Waals surface area contributed by atoms with Gasteiger partial charge in [0.1, 0.15) is 0 Å². The summed E-state index contributed by atoms with van der Waals surface area (Å²) in [5.74, 6) is 0.440. The lowest BCUT2D eigenvalue weighted by atomic mass is 10.1. The van der Waals surface area contributed by atoms with E-state index in [9.17, 15) is 4.79 Å². The van der Waals surface area contributed by atoms with Crippen LogP contribution < -0.4 is 5.32 Å². The first-order valence-corrected chi connectivity index (χ1v) is 7.92. The molecule has 2 rings (SSSR count). The van der Waals surface area contributed by atoms with E-state index in [-0.39, 0.29) is 18.3 Å². The van der Waals surface area contributed by atoms with Crippen molar-refractivity contribution >= 4 is 18.3 Å². The molecule has 2 aromatic rings. The summed E-state index contributed by atoms with van der Waals surface area (Å²) in [6.45, 7) is 5.80. The number of halogens is 1. The predicted molar refractivity (Wildman–Crippen MR) is 99.5 cm³/mol. The molecule has 0 atom stereocenters. The van der Waals surface area contributed by atoms with Crippen LogP contribution in [0.4, 0.5) is 0 Å². The Balaban J connectivity index is 0.00000288. The summed E-state index contributed by atoms with van der Waals surface area (Å²) >= 11 is 0. The van der Waals surface area contributed by atoms with Crippen LogP contribution in [0.25, 0.3) is 0 Å². The highest BCUT2D eigenvalue weighted by Gasteiger charge is 2.11. The lowest BCUT2D eigenvalue weighted by Gasteiger charge is -2.12. The van der Waals surface area contributed by atoms with Gasteiger partial charge in [0.05, 0.1) is 5.69 Å². The summed E-state index contributed by atoms with van der Waals surface area (Å²) in [6, 6.07) is 7.76. The molecule has 1 aromatic heterocycles. The van der Waals surface area contributed by atoms with Gasteiger partial charge in [-0.3, -0.25) is 9.48 Å². The normalized spacial score (nSPS) is 10.6. The molecule has 0 bridgehead atoms. The van der Waals surface area contributed by atoms with Crippen LogP contribution in [0.5, 0.6) is 0 Å². The SMILES string of the molecule is CC(C)c1nn(C)cc1CNCc1cccc(C(=O)N(C)C)c1.Cl. The van der Waals surface area contributed by atoms with Gasteiger partial charge in [-0.1, -0.05) is 26.0 Å². The zero-order valence-corrected chi connectivity index (χ0v) is 15.9. The number of hydrogen-bond donors (Lipinski definition) is 1. The van der Waals surface area contributed by atoms with Crippen molar-refractivity contribution in [2.24, 2.45) is 7.05 Å². The van der Waals surface area contributed by atoms with E-state index in [4.69, 9.17) is 0 Å². The van der Waals surface area contributed by atoms with Crippen LogP contribution in [0.1, 0.15) is 46.9 Å². The maximum Gasteiger partial charge on any atom is 0.253 e. The van der Waals surface area contributed by atoms with Gasteiger partial charge in [0.15, 0.2) is 0 Å². The van der Waals surface area contributed by atoms with Gasteiger partial charge in [0, 0.05) is 51.6 Å². The van der Waals surface area contributed by atoms with Crippen molar-refractivity contribution in [1.29, 1.82) is 0 Å². The van der Waals surface area contributed by atoms with Crippen LogP contribution in [0.15, 0.2) is 30.5 Å². The Morgan fingerprint density at radius 1 is 1.29 bits per heavy atom. The number of hydrogen-bond acceptors (Lipinski definition) is 3. The fourth-order valence-corrected chi connectivity index (χ4v) is 2.59. The van der Waals surface area contributed by atoms with Crippen molar-refractivity contribution in [1.82, 2.24) is 20.0 Å². The standard InChI is InChI=1S/C18H26N4O.ClH/c1-13(2)17-16(12-22(5)20-17)11-19-10-14-7-6-8-15(9-14)18(23)21(3)4;/h6-9,12-13,19H,10-11H2,1-5H3;1H. The first-order valence-electron chi connectivity index (χ1n) is 7.92. The number of aryl methyl sites for hydroxylation is 1. The molecule has 132 valence electrons. The quantitative estimate of drug-likeness (QED) is 0.871. The van der Waals surface area contributed by atoms with Crippen LogP contribution in [0.2, 0.25) is 0 Å². The minimum absolute atomic E-state index is 0. The van der Waals surface area contributed by atoms with E-state index in [0.29, 0.717) is 5.92 Å². The Bertz CT molecular complexity index is 679. The van der Waals surface area contributed by atoms with Gasteiger partial charge in [-0.15, -0.1) is 12.4 Å². The highest BCUT2D eigenvalue weighted by molar-refractivity contribution is 5.94. The van der Waals surface area contributed by atoms with E-state index in [1.54, 1.807) is 19.0 Å². The molecule has 6 heteroatoms. The summed E-state index contributed by atoms with van der Waals surface area (Å²) < 4.78 is 1.86. The topological polar surface area (TPSA) is 50.2 Å². The second-order valence-electron chi connectivity index (χ2n) is 6.37. The molecule has 0 spiro atoms. The Labute approximate surface area is 150 Å². The van der Waals surface area contributed by atoms with Gasteiger partial charge in [-0.05, 0) is 23.6 Å². The molecule has 5 nitrogen and oxygen atoms in total. The van der Waals surface area contributed by atoms with Gasteiger partial charge >= 0.3 is 0 Å². The maximum absolute atomic E-state index is 12.0. The summed E-state index contributed by atoms with van der Waals surface area (Å²) in [4.78, 5) is 13.6. The first-order chi connectivity index (χ1) is 10.9. The second kappa shape index (κ2) is 8.85. The number of nitrogens with zero attached hydrogens (tertiary/aromatic N) is 3. The maximum atomic E-state index is 12.0. The summed E-state index contributed by atoms with van der Waals surface area (Å²) in [5.41, 5.74) is 4.19. The number of carbonyl (C=O) groups is 1. The van der Waals surface area contributed by atoms with E-state index in [0.717, 1.165) is 29.9 Å². The van der Waals surface area contributed by atoms with Crippen molar-refractivity contribution in [2.75, 3.05) is 14.1 Å². The van der Waals surface area contributed by atoms with Gasteiger partial charge < -0.3 is 10.2 Å². The molecule has 0 aliphatic heterocycles. The molecule has 1 heterocycles. The van der Waals surface area contributed by atoms with Crippen LogP contribution in [-0.2, 0) is 20.1 Å². The third-order valence-corrected chi connectivity index (χ3v) is 3.71. The molecule has 0 aliphatic rings. The molecule has 1 amide bonds. The van der Waals surface area contributed by atoms with Crippen LogP contribution >= 0.6 is 12.4 Å². The lowest BCUT2D eigenvalue weighted by molar-refractivity contribution is 0.0827. The molecular weight excluding hydrogens is 324 g/mol. The largest absolute Gasteiger partial charge is 0.345 e. The number of rotatable bonds is 6. The van der Waals surface area contributed by atoms with Crippen LogP contribution in [0.3, 0.4) is 0 Å². The number of nitrogens with one attached hydrogen (secondary N) is 1. The molecule has 0 radical (unpaired) electrons. The summed E-state index contributed by atoms with van der Waals surface area (Å²) in [6.07, 6.45) is 2.06. The smallest absolute Gasteiger partial charge is 0.253 e. The minimum Gasteiger partial charge on any atom is -0.345 e. The van der Waals surface area contributed by atoms with E-state index in [2.05, 4.69) is 30.5 Å². The number of amides is 1. The first kappa shape index (κ1) is 20.2. The van der Waals surface area contributed by atoms with Gasteiger partial charge in [0.25, 0.3) is 5.91 Å². The Hall–Kier alpha value is -1.85. The molecule has 1 N–H and O–H groups in total. The van der Waals surface area contributed by atoms with Crippen LogP contribution in [0, 0.1) is 0 Å². The highest BCUT2D eigenvalue weighted by Crippen LogP contribution is 2.17. The van der Waals surface area contributed by atoms with Gasteiger partial charge in [-0.2, -0.15) is 5.10 Å². The molecule has 1 aromatic carbocycles. The molecule has 0 unspecified atom stereocenters. The van der Waals surface area contributed by atoms with E-state index < -0.39 is 0 Å². The highest BCUT2D eigenvalue weighted by atomic mass is 35.5. The van der Waals surface area contributed by atoms with Crippen molar-refractivity contribution in [2.45, 2.75) is 32.9 Å². The Kier molecular flexibility index (Phi) is 7.45. The zero-order valence-electron chi connectivity index (χ0n) is 15.0. The molecule has 0 aliphatic carbocycles. The number of aromatic nitrogens is 2. The molecule has 24 heavy (non-hydrogen) atoms. The van der Waals surface area contributed by atoms with Crippen molar-refractivity contribution in [3.8, 4) is 0 Å². The molecule has 0 saturated carbocycles. The Morgan fingerprint density at radius 2 is 2.00 bits per heavy atom. The van der Waals surface area contributed by atoms with E-state index in [1.807, 2.05) is 36.0 Å². The van der Waals surface area contributed by atoms with Crippen molar-refractivity contribution in [3.05, 3.63) is 52.8 Å². The van der Waals surface area contributed by atoms with Gasteiger partial charge in [0.2, 0.25) is 0 Å². The molecular formula is C18H27ClN4O. The predicted octanol–water partition coefficient (Wildman–Crippen LogP) is 2.96. The van der Waals surface area contributed by atoms with Crippen molar-refractivity contribution in [3.63, 3.8) is 0 Å². The fourth-order valence-electron chi connectivity index (χ4n) is 2.59. The zero-order chi connectivity index (χ0) is 17.0. The average molecular weight is 351 g/mol. The summed E-state index contributed by atoms with van der Waals surface area (Å²) in [7, 11) is 5.48. The lowest BCUT2D eigenvalue weighted by Crippen LogP contribution is -2.22. The molecule has 0 saturated heterocycles. The minimum atomic E-state index is 0. The van der Waals surface area contributed by atoms with Gasteiger partial charge in [-0.25, -0.2) is 0 Å². The van der Waals surface area contributed by atoms with E-state index >= 15 is 0 Å². The average Bonchev–Trinajstić information content (AvgIpc) is 2.88. The Morgan fingerprint density at radius 3 is 2.62 bits per heavy atom. The fraction of sp³-hybridized carbons (Fsp3) is 0.444. The molecule has 0 fully saturated rings. The third-order valence-electron chi connectivity index (χ3n) is 3.71. The number of carbonyl (C=O) groups excluding carboxylic acids is 1. The number of benzene rings is 1. The summed E-state index contributed by atoms with van der Waals surface area (Å²) in [5, 5.41) is 7.96. The third kappa shape index (κ3) is 5.08.